The Morgan fingerprint density at radius 1 is 1.30 bits per heavy atom. The molecule has 23 heavy (non-hydrogen) atoms. The molecule has 0 aliphatic heterocycles. The van der Waals surface area contributed by atoms with E-state index in [9.17, 15) is 19.7 Å². The molecule has 0 fully saturated rings. The summed E-state index contributed by atoms with van der Waals surface area (Å²) in [6.07, 6.45) is 1.99. The highest BCUT2D eigenvalue weighted by Gasteiger charge is 2.16. The minimum absolute atomic E-state index is 0.0921. The minimum Gasteiger partial charge on any atom is -0.469 e. The number of nitrogens with zero attached hydrogens (tertiary/aromatic N) is 1. The molecular weight excluding hydrogens is 302 g/mol. The van der Waals surface area contributed by atoms with Crippen LogP contribution in [-0.2, 0) is 16.0 Å². The van der Waals surface area contributed by atoms with Crippen LogP contribution in [0.2, 0.25) is 0 Å². The maximum atomic E-state index is 11.9. The van der Waals surface area contributed by atoms with Crippen LogP contribution in [0.25, 0.3) is 0 Å². The zero-order valence-electron chi connectivity index (χ0n) is 12.5. The average molecular weight is 317 g/mol. The van der Waals surface area contributed by atoms with Crippen LogP contribution in [0.1, 0.15) is 28.1 Å². The van der Waals surface area contributed by atoms with E-state index in [1.165, 1.54) is 24.5 Å². The van der Waals surface area contributed by atoms with Crippen LogP contribution < -0.4 is 0 Å². The molecule has 1 aromatic heterocycles. The van der Waals surface area contributed by atoms with Gasteiger partial charge in [-0.1, -0.05) is 12.1 Å². The Kier molecular flexibility index (Phi) is 5.24. The zero-order valence-corrected chi connectivity index (χ0v) is 12.5. The quantitative estimate of drug-likeness (QED) is 0.337. The number of ketones is 1. The standard InChI is InChI=1S/C16H15NO6/c1-11-4-5-12(9-14(11)17(20)21)15(18)10-23-16(19)7-6-13-3-2-8-22-13/h2-5,8-9H,6-7,10H2,1H3. The molecule has 0 radical (unpaired) electrons. The Balaban J connectivity index is 1.88. The van der Waals surface area contributed by atoms with Gasteiger partial charge >= 0.3 is 5.97 Å². The first-order valence-electron chi connectivity index (χ1n) is 6.93. The van der Waals surface area contributed by atoms with Crippen molar-refractivity contribution in [3.8, 4) is 0 Å². The molecule has 7 nitrogen and oxygen atoms in total. The van der Waals surface area contributed by atoms with E-state index >= 15 is 0 Å². The topological polar surface area (TPSA) is 99.7 Å². The SMILES string of the molecule is Cc1ccc(C(=O)COC(=O)CCc2ccco2)cc1[N+](=O)[O-]. The second-order valence-corrected chi connectivity index (χ2v) is 4.92. The number of furan rings is 1. The van der Waals surface area contributed by atoms with E-state index in [1.807, 2.05) is 0 Å². The Labute approximate surface area is 132 Å². The number of benzene rings is 1. The molecular formula is C16H15NO6. The second-order valence-electron chi connectivity index (χ2n) is 4.92. The van der Waals surface area contributed by atoms with Crippen molar-refractivity contribution in [1.82, 2.24) is 0 Å². The normalized spacial score (nSPS) is 10.3. The molecule has 7 heteroatoms. The maximum Gasteiger partial charge on any atom is 0.306 e. The molecule has 0 amide bonds. The molecule has 0 unspecified atom stereocenters. The fraction of sp³-hybridized carbons (Fsp3) is 0.250. The molecule has 0 N–H and O–H groups in total. The van der Waals surface area contributed by atoms with Gasteiger partial charge in [-0.2, -0.15) is 0 Å². The van der Waals surface area contributed by atoms with E-state index in [1.54, 1.807) is 19.1 Å². The summed E-state index contributed by atoms with van der Waals surface area (Å²) in [5, 5.41) is 10.9. The number of rotatable bonds is 7. The summed E-state index contributed by atoms with van der Waals surface area (Å²) >= 11 is 0. The van der Waals surface area contributed by atoms with Crippen molar-refractivity contribution >= 4 is 17.4 Å². The number of carbonyl (C=O) groups excluding carboxylic acids is 2. The van der Waals surface area contributed by atoms with Gasteiger partial charge in [0.05, 0.1) is 17.6 Å². The molecule has 120 valence electrons. The summed E-state index contributed by atoms with van der Waals surface area (Å²) in [6.45, 7) is 1.14. The first kappa shape index (κ1) is 16.4. The Hall–Kier alpha value is -2.96. The summed E-state index contributed by atoms with van der Waals surface area (Å²) < 4.78 is 9.97. The molecule has 0 aliphatic carbocycles. The maximum absolute atomic E-state index is 11.9. The van der Waals surface area contributed by atoms with Crippen LogP contribution >= 0.6 is 0 Å². The molecule has 0 spiro atoms. The van der Waals surface area contributed by atoms with E-state index in [0.717, 1.165) is 0 Å². The molecule has 1 heterocycles. The number of hydrogen-bond acceptors (Lipinski definition) is 6. The highest BCUT2D eigenvalue weighted by molar-refractivity contribution is 5.98. The van der Waals surface area contributed by atoms with Crippen LogP contribution in [0.5, 0.6) is 0 Å². The first-order chi connectivity index (χ1) is 11.0. The molecule has 1 aromatic carbocycles. The molecule has 0 saturated carbocycles. The number of aryl methyl sites for hydroxylation is 2. The Morgan fingerprint density at radius 3 is 2.74 bits per heavy atom. The van der Waals surface area contributed by atoms with Crippen LogP contribution in [0.15, 0.2) is 41.0 Å². The van der Waals surface area contributed by atoms with E-state index < -0.39 is 23.3 Å². The zero-order chi connectivity index (χ0) is 16.8. The van der Waals surface area contributed by atoms with Crippen molar-refractivity contribution in [3.05, 3.63) is 63.6 Å². The summed E-state index contributed by atoms with van der Waals surface area (Å²) in [5.41, 5.74) is 0.461. The molecule has 2 rings (SSSR count). The number of nitro groups is 1. The Morgan fingerprint density at radius 2 is 2.09 bits per heavy atom. The van der Waals surface area contributed by atoms with Crippen LogP contribution in [0.3, 0.4) is 0 Å². The first-order valence-corrected chi connectivity index (χ1v) is 6.93. The smallest absolute Gasteiger partial charge is 0.306 e. The predicted molar refractivity (Wildman–Crippen MR) is 80.2 cm³/mol. The van der Waals surface area contributed by atoms with E-state index in [2.05, 4.69) is 0 Å². The lowest BCUT2D eigenvalue weighted by Crippen LogP contribution is -2.14. The van der Waals surface area contributed by atoms with Crippen LogP contribution in [-0.4, -0.2) is 23.3 Å². The summed E-state index contributed by atoms with van der Waals surface area (Å²) in [6, 6.07) is 7.61. The van der Waals surface area contributed by atoms with Gasteiger partial charge in [0.25, 0.3) is 5.69 Å². The third kappa shape index (κ3) is 4.50. The largest absolute Gasteiger partial charge is 0.469 e. The van der Waals surface area contributed by atoms with Gasteiger partial charge in [0.2, 0.25) is 5.78 Å². The van der Waals surface area contributed by atoms with Crippen molar-refractivity contribution in [2.24, 2.45) is 0 Å². The van der Waals surface area contributed by atoms with Crippen LogP contribution in [0, 0.1) is 17.0 Å². The monoisotopic (exact) mass is 317 g/mol. The van der Waals surface area contributed by atoms with Gasteiger partial charge in [0.1, 0.15) is 5.76 Å². The third-order valence-electron chi connectivity index (χ3n) is 3.25. The molecule has 0 aliphatic rings. The number of esters is 1. The van der Waals surface area contributed by atoms with Gasteiger partial charge in [-0.15, -0.1) is 0 Å². The van der Waals surface area contributed by atoms with Gasteiger partial charge in [-0.3, -0.25) is 19.7 Å². The fourth-order valence-electron chi connectivity index (χ4n) is 1.96. The summed E-state index contributed by atoms with van der Waals surface area (Å²) in [4.78, 5) is 33.8. The van der Waals surface area contributed by atoms with Gasteiger partial charge in [0, 0.05) is 23.6 Å². The highest BCUT2D eigenvalue weighted by atomic mass is 16.6. The number of hydrogen-bond donors (Lipinski definition) is 0. The number of carbonyl (C=O) groups is 2. The van der Waals surface area contributed by atoms with E-state index in [-0.39, 0.29) is 17.7 Å². The average Bonchev–Trinajstić information content (AvgIpc) is 3.04. The van der Waals surface area contributed by atoms with E-state index in [4.69, 9.17) is 9.15 Å². The van der Waals surface area contributed by atoms with Gasteiger partial charge in [-0.05, 0) is 19.1 Å². The fourth-order valence-corrected chi connectivity index (χ4v) is 1.96. The lowest BCUT2D eigenvalue weighted by atomic mass is 10.1. The number of nitro benzene ring substituents is 1. The number of Topliss-reactive ketones (excluding diaryl/α,β-unsaturated/α-hetero) is 1. The summed E-state index contributed by atoms with van der Waals surface area (Å²) in [5.74, 6) is -0.363. The predicted octanol–water partition coefficient (Wildman–Crippen LogP) is 2.85. The molecule has 0 bridgehead atoms. The molecule has 2 aromatic rings. The third-order valence-corrected chi connectivity index (χ3v) is 3.25. The summed E-state index contributed by atoms with van der Waals surface area (Å²) in [7, 11) is 0. The van der Waals surface area contributed by atoms with Crippen molar-refractivity contribution in [3.63, 3.8) is 0 Å². The lowest BCUT2D eigenvalue weighted by Gasteiger charge is -2.05. The van der Waals surface area contributed by atoms with E-state index in [0.29, 0.717) is 17.7 Å². The highest BCUT2D eigenvalue weighted by Crippen LogP contribution is 2.19. The van der Waals surface area contributed by atoms with Crippen molar-refractivity contribution in [1.29, 1.82) is 0 Å². The molecule has 0 atom stereocenters. The van der Waals surface area contributed by atoms with Gasteiger partial charge in [0.15, 0.2) is 6.61 Å². The van der Waals surface area contributed by atoms with Crippen LogP contribution in [0.4, 0.5) is 5.69 Å². The number of ether oxygens (including phenoxy) is 1. The van der Waals surface area contributed by atoms with Gasteiger partial charge in [-0.25, -0.2) is 0 Å². The van der Waals surface area contributed by atoms with Crippen molar-refractivity contribution < 1.29 is 23.7 Å². The lowest BCUT2D eigenvalue weighted by molar-refractivity contribution is -0.385. The molecule has 0 saturated heterocycles. The Bertz CT molecular complexity index is 720. The van der Waals surface area contributed by atoms with Crippen molar-refractivity contribution in [2.45, 2.75) is 19.8 Å². The van der Waals surface area contributed by atoms with Crippen molar-refractivity contribution in [2.75, 3.05) is 6.61 Å². The van der Waals surface area contributed by atoms with Gasteiger partial charge < -0.3 is 9.15 Å². The second kappa shape index (κ2) is 7.35. The minimum atomic E-state index is -0.554.